The van der Waals surface area contributed by atoms with Gasteiger partial charge in [0.15, 0.2) is 0 Å². The fourth-order valence-electron chi connectivity index (χ4n) is 7.23. The summed E-state index contributed by atoms with van der Waals surface area (Å²) in [5.41, 5.74) is 12.4. The summed E-state index contributed by atoms with van der Waals surface area (Å²) in [4.78, 5) is 5.44. The van der Waals surface area contributed by atoms with Crippen LogP contribution in [0, 0.1) is 6.85 Å². The van der Waals surface area contributed by atoms with Crippen molar-refractivity contribution in [2.24, 2.45) is 0 Å². The Kier molecular flexibility index (Phi) is 6.71. The van der Waals surface area contributed by atoms with Crippen LogP contribution in [-0.4, -0.2) is 9.55 Å². The summed E-state index contributed by atoms with van der Waals surface area (Å²) in [6.45, 7) is 4.72. The Hall–Kier alpha value is -5.77. The van der Waals surface area contributed by atoms with E-state index in [9.17, 15) is 0 Å². The molecule has 0 fully saturated rings. The standard InChI is InChI=1S/C48H38N2S/c1-31-22-24-32(25-23-31)35-26-27-37-38-18-13-19-39(46(38)51-44(37)28-35)47-49-42-20-11-12-21-43(42)50(47)45-40(33-14-7-5-8-15-33)29-36(48(2,3)4)30-41(45)34-16-9-6-10-17-34/h5-30H,1-4H3/i1D3. The van der Waals surface area contributed by atoms with Crippen molar-refractivity contribution in [3.8, 4) is 50.5 Å². The minimum absolute atomic E-state index is 0.0789. The second-order valence-corrected chi connectivity index (χ2v) is 15.3. The molecule has 2 nitrogen and oxygen atoms in total. The Balaban J connectivity index is 1.32. The van der Waals surface area contributed by atoms with Crippen LogP contribution in [0.25, 0.3) is 81.7 Å². The second-order valence-electron chi connectivity index (χ2n) is 14.2. The van der Waals surface area contributed by atoms with Gasteiger partial charge in [0.1, 0.15) is 5.82 Å². The van der Waals surface area contributed by atoms with Gasteiger partial charge in [0.05, 0.1) is 16.7 Å². The number of para-hydroxylation sites is 2. The first-order valence-corrected chi connectivity index (χ1v) is 18.2. The van der Waals surface area contributed by atoms with Crippen molar-refractivity contribution in [2.45, 2.75) is 33.0 Å². The third-order valence-corrected chi connectivity index (χ3v) is 11.1. The molecule has 0 saturated heterocycles. The van der Waals surface area contributed by atoms with Crippen LogP contribution in [0.2, 0.25) is 0 Å². The normalized spacial score (nSPS) is 13.0. The lowest BCUT2D eigenvalue weighted by atomic mass is 9.82. The first-order chi connectivity index (χ1) is 26.0. The van der Waals surface area contributed by atoms with E-state index in [0.717, 1.165) is 61.5 Å². The number of nitrogens with zero attached hydrogens (tertiary/aromatic N) is 2. The van der Waals surface area contributed by atoms with E-state index in [-0.39, 0.29) is 5.41 Å². The topological polar surface area (TPSA) is 17.8 Å². The van der Waals surface area contributed by atoms with Crippen LogP contribution in [0.15, 0.2) is 158 Å². The van der Waals surface area contributed by atoms with Gasteiger partial charge in [-0.25, -0.2) is 4.98 Å². The molecule has 9 aromatic rings. The molecule has 0 amide bonds. The van der Waals surface area contributed by atoms with Crippen LogP contribution in [0.5, 0.6) is 0 Å². The molecule has 9 rings (SSSR count). The summed E-state index contributed by atoms with van der Waals surface area (Å²) in [7, 11) is 0. The highest BCUT2D eigenvalue weighted by Gasteiger charge is 2.26. The average molecular weight is 678 g/mol. The molecule has 0 unspecified atom stereocenters. The summed E-state index contributed by atoms with van der Waals surface area (Å²) in [5, 5.41) is 2.37. The Morgan fingerprint density at radius 3 is 1.88 bits per heavy atom. The van der Waals surface area contributed by atoms with Crippen molar-refractivity contribution >= 4 is 42.5 Å². The fraction of sp³-hybridized carbons (Fsp3) is 0.104. The molecule has 0 bridgehead atoms. The zero-order valence-corrected chi connectivity index (χ0v) is 29.6. The summed E-state index contributed by atoms with van der Waals surface area (Å²) in [6, 6.07) is 55.0. The predicted octanol–water partition coefficient (Wildman–Crippen LogP) is 13.7. The molecule has 2 heterocycles. The Labute approximate surface area is 307 Å². The molecule has 0 atom stereocenters. The number of aromatic nitrogens is 2. The Bertz CT molecular complexity index is 2760. The highest BCUT2D eigenvalue weighted by Crippen LogP contribution is 2.46. The van der Waals surface area contributed by atoms with Gasteiger partial charge in [-0.15, -0.1) is 11.3 Å². The molecule has 0 aliphatic rings. The molecule has 246 valence electrons. The van der Waals surface area contributed by atoms with Gasteiger partial charge in [-0.3, -0.25) is 4.57 Å². The first kappa shape index (κ1) is 28.0. The summed E-state index contributed by atoms with van der Waals surface area (Å²) >= 11 is 1.78. The van der Waals surface area contributed by atoms with Gasteiger partial charge in [-0.2, -0.15) is 0 Å². The molecule has 3 heteroatoms. The van der Waals surface area contributed by atoms with E-state index in [2.05, 4.69) is 159 Å². The third-order valence-electron chi connectivity index (χ3n) is 9.89. The van der Waals surface area contributed by atoms with E-state index >= 15 is 0 Å². The van der Waals surface area contributed by atoms with Gasteiger partial charge in [-0.05, 0) is 76.5 Å². The fourth-order valence-corrected chi connectivity index (χ4v) is 8.48. The maximum absolute atomic E-state index is 7.79. The van der Waals surface area contributed by atoms with Crippen LogP contribution >= 0.6 is 11.3 Å². The number of aryl methyl sites for hydroxylation is 1. The Morgan fingerprint density at radius 1 is 0.569 bits per heavy atom. The molecule has 0 aliphatic heterocycles. The largest absolute Gasteiger partial charge is 0.291 e. The molecule has 0 radical (unpaired) electrons. The second kappa shape index (κ2) is 12.2. The van der Waals surface area contributed by atoms with Crippen molar-refractivity contribution in [3.63, 3.8) is 0 Å². The summed E-state index contributed by atoms with van der Waals surface area (Å²) < 4.78 is 28.1. The average Bonchev–Trinajstić information content (AvgIpc) is 3.76. The van der Waals surface area contributed by atoms with Crippen LogP contribution < -0.4 is 0 Å². The number of benzene rings is 7. The number of fused-ring (bicyclic) bond motifs is 4. The maximum Gasteiger partial charge on any atom is 0.147 e. The summed E-state index contributed by atoms with van der Waals surface area (Å²) in [6.07, 6.45) is 0. The van der Waals surface area contributed by atoms with E-state index in [0.29, 0.717) is 5.56 Å². The van der Waals surface area contributed by atoms with Crippen molar-refractivity contribution in [2.75, 3.05) is 0 Å². The number of hydrogen-bond donors (Lipinski definition) is 0. The summed E-state index contributed by atoms with van der Waals surface area (Å²) in [5.74, 6) is 0.895. The number of thiophene rings is 1. The molecular formula is C48H38N2S. The van der Waals surface area contributed by atoms with E-state index in [1.165, 1.54) is 25.7 Å². The highest BCUT2D eigenvalue weighted by molar-refractivity contribution is 7.26. The van der Waals surface area contributed by atoms with Gasteiger partial charge in [0.25, 0.3) is 0 Å². The molecule has 0 saturated carbocycles. The van der Waals surface area contributed by atoms with E-state index in [4.69, 9.17) is 9.10 Å². The lowest BCUT2D eigenvalue weighted by Crippen LogP contribution is -2.13. The zero-order chi connectivity index (χ0) is 37.2. The first-order valence-electron chi connectivity index (χ1n) is 18.9. The van der Waals surface area contributed by atoms with Gasteiger partial charge in [0, 0.05) is 41.0 Å². The maximum atomic E-state index is 7.79. The zero-order valence-electron chi connectivity index (χ0n) is 31.8. The molecule has 2 aromatic heterocycles. The smallest absolute Gasteiger partial charge is 0.147 e. The SMILES string of the molecule is [2H]C([2H])([2H])c1ccc(-c2ccc3c(c2)sc2c(-c4nc5ccccc5n4-c4c(-c5ccccc5)cc(C(C)(C)C)cc4-c4ccccc4)cccc23)cc1. The molecule has 0 spiro atoms. The van der Waals surface area contributed by atoms with E-state index in [1.54, 1.807) is 23.5 Å². The molecular weight excluding hydrogens is 637 g/mol. The molecule has 51 heavy (non-hydrogen) atoms. The Morgan fingerprint density at radius 2 is 1.22 bits per heavy atom. The van der Waals surface area contributed by atoms with Gasteiger partial charge in [-0.1, -0.05) is 148 Å². The lowest BCUT2D eigenvalue weighted by molar-refractivity contribution is 0.590. The van der Waals surface area contributed by atoms with Gasteiger partial charge < -0.3 is 0 Å². The minimum atomic E-state index is -2.13. The lowest BCUT2D eigenvalue weighted by Gasteiger charge is -2.26. The van der Waals surface area contributed by atoms with Crippen molar-refractivity contribution < 1.29 is 4.11 Å². The van der Waals surface area contributed by atoms with Gasteiger partial charge in [0.2, 0.25) is 0 Å². The number of imidazole rings is 1. The van der Waals surface area contributed by atoms with Gasteiger partial charge >= 0.3 is 0 Å². The quantitative estimate of drug-likeness (QED) is 0.177. The predicted molar refractivity (Wildman–Crippen MR) is 219 cm³/mol. The minimum Gasteiger partial charge on any atom is -0.291 e. The highest BCUT2D eigenvalue weighted by atomic mass is 32.1. The number of hydrogen-bond acceptors (Lipinski definition) is 2. The van der Waals surface area contributed by atoms with Crippen LogP contribution in [-0.2, 0) is 5.41 Å². The van der Waals surface area contributed by atoms with E-state index < -0.39 is 6.85 Å². The van der Waals surface area contributed by atoms with Crippen LogP contribution in [0.1, 0.15) is 36.0 Å². The van der Waals surface area contributed by atoms with E-state index in [1.807, 2.05) is 12.1 Å². The third kappa shape index (κ3) is 5.46. The van der Waals surface area contributed by atoms with Crippen molar-refractivity contribution in [1.82, 2.24) is 9.55 Å². The number of rotatable bonds is 5. The molecule has 0 aliphatic carbocycles. The molecule has 7 aromatic carbocycles. The van der Waals surface area contributed by atoms with Crippen LogP contribution in [0.4, 0.5) is 0 Å². The molecule has 0 N–H and O–H groups in total. The monoisotopic (exact) mass is 677 g/mol. The van der Waals surface area contributed by atoms with Crippen molar-refractivity contribution in [1.29, 1.82) is 0 Å². The van der Waals surface area contributed by atoms with Crippen molar-refractivity contribution in [3.05, 3.63) is 169 Å². The van der Waals surface area contributed by atoms with Crippen LogP contribution in [0.3, 0.4) is 0 Å².